The maximum Gasteiger partial charge on any atom is 0.167 e. The van der Waals surface area contributed by atoms with Gasteiger partial charge in [-0.3, -0.25) is 0 Å². The third-order valence-electron chi connectivity index (χ3n) is 9.51. The normalized spacial score (nSPS) is 57.1. The summed E-state index contributed by atoms with van der Waals surface area (Å²) in [5, 5.41) is 10.8. The van der Waals surface area contributed by atoms with E-state index in [-0.39, 0.29) is 5.92 Å². The van der Waals surface area contributed by atoms with E-state index in [0.29, 0.717) is 11.3 Å². The van der Waals surface area contributed by atoms with E-state index in [9.17, 15) is 5.11 Å². The lowest BCUT2D eigenvalue weighted by atomic mass is 9.48. The van der Waals surface area contributed by atoms with Gasteiger partial charge in [0.15, 0.2) is 5.79 Å². The topological polar surface area (TPSA) is 29.5 Å². The van der Waals surface area contributed by atoms with E-state index >= 15 is 0 Å². The fourth-order valence-electron chi connectivity index (χ4n) is 8.09. The van der Waals surface area contributed by atoms with Crippen LogP contribution in [0.5, 0.6) is 0 Å². The molecule has 0 aliphatic heterocycles. The zero-order valence-electron chi connectivity index (χ0n) is 16.3. The van der Waals surface area contributed by atoms with Crippen LogP contribution in [0.25, 0.3) is 0 Å². The van der Waals surface area contributed by atoms with E-state index in [2.05, 4.69) is 20.8 Å². The number of hydrogen-bond acceptors (Lipinski definition) is 2. The molecule has 4 saturated carbocycles. The summed E-state index contributed by atoms with van der Waals surface area (Å²) in [7, 11) is 1.69. The van der Waals surface area contributed by atoms with E-state index in [1.807, 2.05) is 0 Å². The van der Waals surface area contributed by atoms with Crippen molar-refractivity contribution in [3.8, 4) is 0 Å². The van der Waals surface area contributed by atoms with Crippen molar-refractivity contribution in [1.82, 2.24) is 0 Å². The Labute approximate surface area is 148 Å². The average Bonchev–Trinajstić information content (AvgIpc) is 2.92. The molecule has 0 amide bonds. The molecule has 4 aliphatic rings. The first kappa shape index (κ1) is 17.3. The minimum atomic E-state index is -0.863. The Balaban J connectivity index is 1.55. The SMILES string of the molecule is CC[C@H]1CC[C@H]2[C@@H]3CC[C@H]4C[C@@](O)(OC)[C@H](C)C[C@@H]4[C@H]3CC[C@]12C. The average molecular weight is 335 g/mol. The third-order valence-corrected chi connectivity index (χ3v) is 9.51. The van der Waals surface area contributed by atoms with Gasteiger partial charge < -0.3 is 9.84 Å². The molecule has 0 unspecified atom stereocenters. The van der Waals surface area contributed by atoms with Gasteiger partial charge in [0.25, 0.3) is 0 Å². The van der Waals surface area contributed by atoms with Crippen LogP contribution in [0.2, 0.25) is 0 Å². The van der Waals surface area contributed by atoms with Gasteiger partial charge in [0.05, 0.1) is 0 Å². The molecule has 0 saturated heterocycles. The standard InChI is InChI=1S/C22H38O2/c1-5-16-7-9-20-18-8-6-15-13-22(23,24-4)14(2)12-19(15)17(18)10-11-21(16,20)3/h14-20,23H,5-13H2,1-4H3/t14-,15+,16+,17+,18-,19+,20+,21-,22-/m1/s1. The van der Waals surface area contributed by atoms with Crippen molar-refractivity contribution >= 4 is 0 Å². The predicted molar refractivity (Wildman–Crippen MR) is 97.4 cm³/mol. The largest absolute Gasteiger partial charge is 0.365 e. The van der Waals surface area contributed by atoms with Crippen LogP contribution in [0, 0.1) is 46.8 Å². The summed E-state index contributed by atoms with van der Waals surface area (Å²) in [6, 6.07) is 0. The molecule has 0 radical (unpaired) electrons. The summed E-state index contributed by atoms with van der Waals surface area (Å²) in [4.78, 5) is 0. The van der Waals surface area contributed by atoms with Gasteiger partial charge in [-0.05, 0) is 85.9 Å². The summed E-state index contributed by atoms with van der Waals surface area (Å²) in [6.07, 6.45) is 12.1. The van der Waals surface area contributed by atoms with Gasteiger partial charge >= 0.3 is 0 Å². The first-order valence-corrected chi connectivity index (χ1v) is 10.7. The lowest BCUT2D eigenvalue weighted by molar-refractivity contribution is -0.259. The van der Waals surface area contributed by atoms with Crippen molar-refractivity contribution < 1.29 is 9.84 Å². The molecule has 4 fully saturated rings. The Morgan fingerprint density at radius 1 is 1.04 bits per heavy atom. The van der Waals surface area contributed by atoms with Crippen LogP contribution in [0.3, 0.4) is 0 Å². The van der Waals surface area contributed by atoms with Gasteiger partial charge in [-0.15, -0.1) is 0 Å². The number of rotatable bonds is 2. The smallest absolute Gasteiger partial charge is 0.167 e. The van der Waals surface area contributed by atoms with E-state index in [1.54, 1.807) is 7.11 Å². The van der Waals surface area contributed by atoms with Crippen LogP contribution in [0.15, 0.2) is 0 Å². The molecule has 0 spiro atoms. The number of hydrogen-bond donors (Lipinski definition) is 1. The molecule has 2 heteroatoms. The Morgan fingerprint density at radius 3 is 2.54 bits per heavy atom. The Bertz CT molecular complexity index is 477. The van der Waals surface area contributed by atoms with Crippen molar-refractivity contribution in [2.24, 2.45) is 46.8 Å². The van der Waals surface area contributed by atoms with Crippen molar-refractivity contribution in [3.63, 3.8) is 0 Å². The maximum absolute atomic E-state index is 10.8. The summed E-state index contributed by atoms with van der Waals surface area (Å²) >= 11 is 0. The second kappa shape index (κ2) is 5.98. The van der Waals surface area contributed by atoms with Crippen molar-refractivity contribution in [2.45, 2.75) is 84.3 Å². The number of methoxy groups -OCH3 is 1. The van der Waals surface area contributed by atoms with Crippen LogP contribution in [-0.2, 0) is 4.74 Å². The molecule has 1 N–H and O–H groups in total. The molecule has 4 aliphatic carbocycles. The first-order chi connectivity index (χ1) is 11.4. The van der Waals surface area contributed by atoms with Crippen LogP contribution < -0.4 is 0 Å². The van der Waals surface area contributed by atoms with Gasteiger partial charge in [0, 0.05) is 19.4 Å². The van der Waals surface area contributed by atoms with E-state index in [1.165, 1.54) is 51.4 Å². The van der Waals surface area contributed by atoms with Crippen molar-refractivity contribution in [2.75, 3.05) is 7.11 Å². The first-order valence-electron chi connectivity index (χ1n) is 10.7. The fourth-order valence-corrected chi connectivity index (χ4v) is 8.09. The van der Waals surface area contributed by atoms with Crippen LogP contribution >= 0.6 is 0 Å². The monoisotopic (exact) mass is 334 g/mol. The Hall–Kier alpha value is -0.0800. The predicted octanol–water partition coefficient (Wildman–Crippen LogP) is 5.25. The molecule has 4 rings (SSSR count). The second-order valence-electron chi connectivity index (χ2n) is 10.1. The van der Waals surface area contributed by atoms with Crippen LogP contribution in [-0.4, -0.2) is 18.0 Å². The minimum Gasteiger partial charge on any atom is -0.365 e. The van der Waals surface area contributed by atoms with Gasteiger partial charge in [0.2, 0.25) is 0 Å². The number of ether oxygens (including phenoxy) is 1. The summed E-state index contributed by atoms with van der Waals surface area (Å²) in [5.41, 5.74) is 0.635. The molecular weight excluding hydrogens is 296 g/mol. The highest BCUT2D eigenvalue weighted by Crippen LogP contribution is 2.65. The second-order valence-corrected chi connectivity index (χ2v) is 10.1. The van der Waals surface area contributed by atoms with Gasteiger partial charge in [0.1, 0.15) is 0 Å². The summed E-state index contributed by atoms with van der Waals surface area (Å²) in [5.74, 6) is 4.83. The zero-order valence-corrected chi connectivity index (χ0v) is 16.3. The summed E-state index contributed by atoms with van der Waals surface area (Å²) in [6.45, 7) is 7.25. The van der Waals surface area contributed by atoms with E-state index in [4.69, 9.17) is 4.74 Å². The van der Waals surface area contributed by atoms with Crippen molar-refractivity contribution in [1.29, 1.82) is 0 Å². The molecule has 9 atom stereocenters. The quantitative estimate of drug-likeness (QED) is 0.699. The Kier molecular flexibility index (Phi) is 4.32. The van der Waals surface area contributed by atoms with Gasteiger partial charge in [-0.1, -0.05) is 27.2 Å². The lowest BCUT2D eigenvalue weighted by Crippen LogP contribution is -2.54. The third kappa shape index (κ3) is 2.35. The highest BCUT2D eigenvalue weighted by molar-refractivity contribution is 5.06. The molecule has 0 aromatic heterocycles. The number of fused-ring (bicyclic) bond motifs is 5. The molecular formula is C22H38O2. The van der Waals surface area contributed by atoms with Crippen LogP contribution in [0.4, 0.5) is 0 Å². The van der Waals surface area contributed by atoms with Crippen LogP contribution in [0.1, 0.15) is 78.6 Å². The Morgan fingerprint density at radius 2 is 1.83 bits per heavy atom. The molecule has 138 valence electrons. The molecule has 2 nitrogen and oxygen atoms in total. The highest BCUT2D eigenvalue weighted by Gasteiger charge is 2.58. The fraction of sp³-hybridized carbons (Fsp3) is 1.00. The molecule has 0 aromatic carbocycles. The van der Waals surface area contributed by atoms with Gasteiger partial charge in [-0.25, -0.2) is 0 Å². The zero-order chi connectivity index (χ0) is 17.1. The lowest BCUT2D eigenvalue weighted by Gasteiger charge is -2.58. The molecule has 0 aromatic rings. The highest BCUT2D eigenvalue weighted by atomic mass is 16.6. The van der Waals surface area contributed by atoms with E-state index < -0.39 is 5.79 Å². The molecule has 24 heavy (non-hydrogen) atoms. The molecule has 0 heterocycles. The number of aliphatic hydroxyl groups is 1. The maximum atomic E-state index is 10.8. The summed E-state index contributed by atoms with van der Waals surface area (Å²) < 4.78 is 5.55. The van der Waals surface area contributed by atoms with Gasteiger partial charge in [-0.2, -0.15) is 0 Å². The van der Waals surface area contributed by atoms with E-state index in [0.717, 1.165) is 36.0 Å². The van der Waals surface area contributed by atoms with Crippen molar-refractivity contribution in [3.05, 3.63) is 0 Å². The molecule has 0 bridgehead atoms. The minimum absolute atomic E-state index is 0.280.